The lowest BCUT2D eigenvalue weighted by atomic mass is 9.73. The predicted molar refractivity (Wildman–Crippen MR) is 58.9 cm³/mol. The summed E-state index contributed by atoms with van der Waals surface area (Å²) in [6, 6.07) is 0. The lowest BCUT2D eigenvalue weighted by Crippen LogP contribution is -2.49. The third-order valence-corrected chi connectivity index (χ3v) is 4.39. The molecule has 0 amide bonds. The molecule has 2 unspecified atom stereocenters. The van der Waals surface area contributed by atoms with Crippen LogP contribution in [-0.2, 0) is 9.84 Å². The monoisotopic (exact) mass is 219 g/mol. The van der Waals surface area contributed by atoms with Gasteiger partial charge in [-0.25, -0.2) is 8.42 Å². The highest BCUT2D eigenvalue weighted by Gasteiger charge is 2.34. The molecule has 0 aliphatic heterocycles. The van der Waals surface area contributed by atoms with E-state index in [0.717, 1.165) is 19.3 Å². The second kappa shape index (κ2) is 4.19. The highest BCUT2D eigenvalue weighted by molar-refractivity contribution is 7.90. The largest absolute Gasteiger partial charge is 0.325 e. The normalized spacial score (nSPS) is 34.4. The molecular formula is C10H21NO2S. The van der Waals surface area contributed by atoms with Gasteiger partial charge in [-0.3, -0.25) is 0 Å². The van der Waals surface area contributed by atoms with Crippen LogP contribution < -0.4 is 5.73 Å². The summed E-state index contributed by atoms with van der Waals surface area (Å²) in [4.78, 5) is 0. The Hall–Kier alpha value is -0.0900. The third kappa shape index (κ3) is 3.24. The van der Waals surface area contributed by atoms with E-state index in [9.17, 15) is 8.42 Å². The minimum atomic E-state index is -2.87. The van der Waals surface area contributed by atoms with Gasteiger partial charge in [0, 0.05) is 11.8 Å². The summed E-state index contributed by atoms with van der Waals surface area (Å²) in [6.45, 7) is 2.14. The molecule has 0 bridgehead atoms. The van der Waals surface area contributed by atoms with Crippen molar-refractivity contribution in [2.75, 3.05) is 12.0 Å². The quantitative estimate of drug-likeness (QED) is 0.779. The second-order valence-electron chi connectivity index (χ2n) is 4.76. The van der Waals surface area contributed by atoms with Crippen LogP contribution in [0.25, 0.3) is 0 Å². The Balaban J connectivity index is 2.56. The Kier molecular flexibility index (Phi) is 3.58. The average Bonchev–Trinajstić information content (AvgIpc) is 2.06. The molecule has 2 atom stereocenters. The van der Waals surface area contributed by atoms with Crippen LogP contribution in [0.15, 0.2) is 0 Å². The Bertz CT molecular complexity index is 286. The van der Waals surface area contributed by atoms with Crippen molar-refractivity contribution in [2.45, 2.75) is 44.6 Å². The maximum absolute atomic E-state index is 11.1. The second-order valence-corrected chi connectivity index (χ2v) is 7.02. The Morgan fingerprint density at radius 3 is 2.57 bits per heavy atom. The summed E-state index contributed by atoms with van der Waals surface area (Å²) in [5.74, 6) is 0.686. The zero-order valence-corrected chi connectivity index (χ0v) is 9.94. The van der Waals surface area contributed by atoms with E-state index in [1.54, 1.807) is 0 Å². The van der Waals surface area contributed by atoms with Gasteiger partial charge in [-0.05, 0) is 25.2 Å². The molecule has 2 N–H and O–H groups in total. The molecule has 0 spiro atoms. The van der Waals surface area contributed by atoms with Crippen molar-refractivity contribution in [1.29, 1.82) is 0 Å². The first kappa shape index (κ1) is 12.0. The summed E-state index contributed by atoms with van der Waals surface area (Å²) in [5.41, 5.74) is 6.01. The van der Waals surface area contributed by atoms with Gasteiger partial charge in [0.1, 0.15) is 9.84 Å². The van der Waals surface area contributed by atoms with Gasteiger partial charge < -0.3 is 5.73 Å². The lowest BCUT2D eigenvalue weighted by molar-refractivity contribution is 0.199. The van der Waals surface area contributed by atoms with Crippen molar-refractivity contribution < 1.29 is 8.42 Å². The molecule has 14 heavy (non-hydrogen) atoms. The van der Waals surface area contributed by atoms with Gasteiger partial charge in [-0.15, -0.1) is 0 Å². The first-order valence-corrected chi connectivity index (χ1v) is 7.36. The molecule has 4 heteroatoms. The molecule has 84 valence electrons. The fourth-order valence-corrected chi connectivity index (χ4v) is 2.94. The molecule has 1 saturated carbocycles. The molecule has 0 radical (unpaired) electrons. The van der Waals surface area contributed by atoms with Gasteiger partial charge in [-0.2, -0.15) is 0 Å². The lowest BCUT2D eigenvalue weighted by Gasteiger charge is -2.39. The SMILES string of the molecule is CC1CCCCC1(N)CCS(C)(=O)=O. The number of hydrogen-bond acceptors (Lipinski definition) is 3. The standard InChI is InChI=1S/C10H21NO2S/c1-9-5-3-4-6-10(9,11)7-8-14(2,12)13/h9H,3-8,11H2,1-2H3. The van der Waals surface area contributed by atoms with Crippen molar-refractivity contribution in [1.82, 2.24) is 0 Å². The summed E-state index contributed by atoms with van der Waals surface area (Å²) < 4.78 is 22.1. The maximum atomic E-state index is 11.1. The van der Waals surface area contributed by atoms with Gasteiger partial charge in [0.25, 0.3) is 0 Å². The van der Waals surface area contributed by atoms with Gasteiger partial charge in [0.2, 0.25) is 0 Å². The van der Waals surface area contributed by atoms with E-state index in [4.69, 9.17) is 5.73 Å². The van der Waals surface area contributed by atoms with Crippen LogP contribution >= 0.6 is 0 Å². The minimum Gasteiger partial charge on any atom is -0.325 e. The first-order valence-electron chi connectivity index (χ1n) is 5.30. The van der Waals surface area contributed by atoms with Crippen molar-refractivity contribution >= 4 is 9.84 Å². The molecule has 0 aromatic heterocycles. The van der Waals surface area contributed by atoms with E-state index in [2.05, 4.69) is 6.92 Å². The van der Waals surface area contributed by atoms with Crippen molar-refractivity contribution in [3.63, 3.8) is 0 Å². The van der Waals surface area contributed by atoms with Crippen LogP contribution in [0.4, 0.5) is 0 Å². The van der Waals surface area contributed by atoms with Gasteiger partial charge >= 0.3 is 0 Å². The zero-order chi connectivity index (χ0) is 10.8. The topological polar surface area (TPSA) is 60.2 Å². The van der Waals surface area contributed by atoms with E-state index in [0.29, 0.717) is 12.3 Å². The fourth-order valence-electron chi connectivity index (χ4n) is 2.19. The van der Waals surface area contributed by atoms with E-state index in [1.165, 1.54) is 12.7 Å². The van der Waals surface area contributed by atoms with Crippen LogP contribution in [0.1, 0.15) is 39.0 Å². The number of rotatable bonds is 3. The van der Waals surface area contributed by atoms with Crippen LogP contribution in [0, 0.1) is 5.92 Å². The predicted octanol–water partition coefficient (Wildman–Crippen LogP) is 1.33. The van der Waals surface area contributed by atoms with Crippen LogP contribution in [0.2, 0.25) is 0 Å². The Labute approximate surface area is 87.0 Å². The smallest absolute Gasteiger partial charge is 0.147 e. The van der Waals surface area contributed by atoms with Crippen LogP contribution in [0.3, 0.4) is 0 Å². The van der Waals surface area contributed by atoms with Crippen molar-refractivity contribution in [3.8, 4) is 0 Å². The molecule has 0 aromatic rings. The third-order valence-electron chi connectivity index (χ3n) is 3.45. The summed E-state index contributed by atoms with van der Waals surface area (Å²) in [7, 11) is -2.87. The Morgan fingerprint density at radius 1 is 1.43 bits per heavy atom. The molecule has 1 rings (SSSR count). The first-order chi connectivity index (χ1) is 6.33. The van der Waals surface area contributed by atoms with Gasteiger partial charge in [0.05, 0.1) is 5.75 Å². The molecule has 0 aromatic carbocycles. The van der Waals surface area contributed by atoms with E-state index in [1.807, 2.05) is 0 Å². The molecule has 0 heterocycles. The van der Waals surface area contributed by atoms with Crippen molar-refractivity contribution in [2.24, 2.45) is 11.7 Å². The highest BCUT2D eigenvalue weighted by Crippen LogP contribution is 2.34. The molecule has 0 saturated heterocycles. The molecular weight excluding hydrogens is 198 g/mol. The zero-order valence-electron chi connectivity index (χ0n) is 9.12. The number of nitrogens with two attached hydrogens (primary N) is 1. The molecule has 1 fully saturated rings. The number of hydrogen-bond donors (Lipinski definition) is 1. The van der Waals surface area contributed by atoms with E-state index in [-0.39, 0.29) is 11.3 Å². The van der Waals surface area contributed by atoms with Crippen molar-refractivity contribution in [3.05, 3.63) is 0 Å². The molecule has 1 aliphatic carbocycles. The minimum absolute atomic E-state index is 0.230. The Morgan fingerprint density at radius 2 is 2.07 bits per heavy atom. The van der Waals surface area contributed by atoms with E-state index < -0.39 is 9.84 Å². The fraction of sp³-hybridized carbons (Fsp3) is 1.00. The summed E-state index contributed by atoms with van der Waals surface area (Å²) in [6.07, 6.45) is 6.39. The van der Waals surface area contributed by atoms with E-state index >= 15 is 0 Å². The number of sulfone groups is 1. The average molecular weight is 219 g/mol. The maximum Gasteiger partial charge on any atom is 0.147 e. The summed E-state index contributed by atoms with van der Waals surface area (Å²) in [5, 5.41) is 0. The van der Waals surface area contributed by atoms with Crippen LogP contribution in [-0.4, -0.2) is 26.0 Å². The molecule has 1 aliphatic rings. The summed E-state index contributed by atoms with van der Waals surface area (Å²) >= 11 is 0. The van der Waals surface area contributed by atoms with Gasteiger partial charge in [-0.1, -0.05) is 19.8 Å². The van der Waals surface area contributed by atoms with Crippen LogP contribution in [0.5, 0.6) is 0 Å². The van der Waals surface area contributed by atoms with Gasteiger partial charge in [0.15, 0.2) is 0 Å². The highest BCUT2D eigenvalue weighted by atomic mass is 32.2. The molecule has 3 nitrogen and oxygen atoms in total.